The Morgan fingerprint density at radius 3 is 2.47 bits per heavy atom. The van der Waals surface area contributed by atoms with Gasteiger partial charge in [0.1, 0.15) is 0 Å². The van der Waals surface area contributed by atoms with Gasteiger partial charge in [0.25, 0.3) is 0 Å². The molecule has 1 unspecified atom stereocenters. The van der Waals surface area contributed by atoms with Crippen LogP contribution in [0, 0.1) is 11.3 Å². The lowest BCUT2D eigenvalue weighted by Crippen LogP contribution is -2.50. The predicted octanol–water partition coefficient (Wildman–Crippen LogP) is 4.37. The molecule has 0 aromatic rings. The maximum absolute atomic E-state index is 13.0. The highest BCUT2D eigenvalue weighted by Crippen LogP contribution is 2.42. The van der Waals surface area contributed by atoms with Gasteiger partial charge in [-0.3, -0.25) is 4.79 Å². The summed E-state index contributed by atoms with van der Waals surface area (Å²) in [6, 6.07) is 0.546. The van der Waals surface area contributed by atoms with Gasteiger partial charge in [-0.1, -0.05) is 42.6 Å². The van der Waals surface area contributed by atoms with E-state index in [0.717, 1.165) is 24.7 Å². The van der Waals surface area contributed by atoms with Crippen LogP contribution in [0.4, 0.5) is 0 Å². The Balaban J connectivity index is 2.04. The summed E-state index contributed by atoms with van der Waals surface area (Å²) in [5.41, 5.74) is 0.200. The molecule has 110 valence electrons. The van der Waals surface area contributed by atoms with E-state index in [1.165, 1.54) is 38.5 Å². The van der Waals surface area contributed by atoms with Crippen molar-refractivity contribution in [3.63, 3.8) is 0 Å². The standard InChI is InChI=1S/C16H28BrNO/c1-16(2)10-4-3-9-14(16)15(19)18(12-6-11-17)13-7-5-8-13/h13-14H,3-12H2,1-2H3. The molecule has 2 aliphatic carbocycles. The molecule has 2 aliphatic rings. The van der Waals surface area contributed by atoms with E-state index < -0.39 is 0 Å². The van der Waals surface area contributed by atoms with Gasteiger partial charge < -0.3 is 4.90 Å². The predicted molar refractivity (Wildman–Crippen MR) is 83.5 cm³/mol. The average Bonchev–Trinajstić information content (AvgIpc) is 2.30. The average molecular weight is 330 g/mol. The molecule has 0 heterocycles. The zero-order chi connectivity index (χ0) is 13.9. The summed E-state index contributed by atoms with van der Waals surface area (Å²) in [4.78, 5) is 15.2. The molecule has 2 saturated carbocycles. The first-order valence-electron chi connectivity index (χ1n) is 7.93. The zero-order valence-electron chi connectivity index (χ0n) is 12.5. The third-order valence-electron chi connectivity index (χ3n) is 5.14. The summed E-state index contributed by atoms with van der Waals surface area (Å²) in [7, 11) is 0. The van der Waals surface area contributed by atoms with Crippen molar-refractivity contribution in [3.05, 3.63) is 0 Å². The minimum absolute atomic E-state index is 0.200. The first kappa shape index (κ1) is 15.3. The van der Waals surface area contributed by atoms with Gasteiger partial charge in [0, 0.05) is 23.8 Å². The van der Waals surface area contributed by atoms with Gasteiger partial charge >= 0.3 is 0 Å². The van der Waals surface area contributed by atoms with Gasteiger partial charge in [-0.2, -0.15) is 0 Å². The molecule has 0 spiro atoms. The minimum atomic E-state index is 0.200. The van der Waals surface area contributed by atoms with Gasteiger partial charge in [0.05, 0.1) is 0 Å². The number of halogens is 1. The highest BCUT2D eigenvalue weighted by molar-refractivity contribution is 9.09. The van der Waals surface area contributed by atoms with E-state index in [4.69, 9.17) is 0 Å². The quantitative estimate of drug-likeness (QED) is 0.686. The van der Waals surface area contributed by atoms with Crippen molar-refractivity contribution >= 4 is 21.8 Å². The summed E-state index contributed by atoms with van der Waals surface area (Å²) < 4.78 is 0. The second kappa shape index (κ2) is 6.60. The highest BCUT2D eigenvalue weighted by Gasteiger charge is 2.41. The van der Waals surface area contributed by atoms with Crippen molar-refractivity contribution in [1.82, 2.24) is 4.90 Å². The second-order valence-corrected chi connectivity index (χ2v) is 7.74. The van der Waals surface area contributed by atoms with Crippen LogP contribution in [0.1, 0.15) is 65.2 Å². The molecule has 2 rings (SSSR count). The van der Waals surface area contributed by atoms with Crippen LogP contribution in [-0.2, 0) is 4.79 Å². The lowest BCUT2D eigenvalue weighted by Gasteiger charge is -2.44. The van der Waals surface area contributed by atoms with Gasteiger partial charge in [-0.15, -0.1) is 0 Å². The van der Waals surface area contributed by atoms with Gasteiger partial charge in [0.2, 0.25) is 5.91 Å². The van der Waals surface area contributed by atoms with Gasteiger partial charge in [-0.25, -0.2) is 0 Å². The SMILES string of the molecule is CC1(C)CCCCC1C(=O)N(CCCBr)C1CCC1. The number of hydrogen-bond acceptors (Lipinski definition) is 1. The summed E-state index contributed by atoms with van der Waals surface area (Å²) in [6.07, 6.45) is 9.66. The van der Waals surface area contributed by atoms with E-state index in [9.17, 15) is 4.79 Å². The summed E-state index contributed by atoms with van der Waals surface area (Å²) in [5, 5.41) is 0.998. The highest BCUT2D eigenvalue weighted by atomic mass is 79.9. The smallest absolute Gasteiger partial charge is 0.226 e. The molecule has 19 heavy (non-hydrogen) atoms. The van der Waals surface area contributed by atoms with Crippen LogP contribution in [0.25, 0.3) is 0 Å². The van der Waals surface area contributed by atoms with E-state index >= 15 is 0 Å². The van der Waals surface area contributed by atoms with E-state index in [0.29, 0.717) is 11.9 Å². The van der Waals surface area contributed by atoms with Crippen LogP contribution >= 0.6 is 15.9 Å². The Bertz CT molecular complexity index is 312. The third kappa shape index (κ3) is 3.53. The number of carbonyl (C=O) groups excluding carboxylic acids is 1. The number of nitrogens with zero attached hydrogens (tertiary/aromatic N) is 1. The normalized spacial score (nSPS) is 26.8. The molecule has 0 N–H and O–H groups in total. The molecule has 3 heteroatoms. The fraction of sp³-hybridized carbons (Fsp3) is 0.938. The molecule has 1 amide bonds. The fourth-order valence-electron chi connectivity index (χ4n) is 3.55. The maximum Gasteiger partial charge on any atom is 0.226 e. The van der Waals surface area contributed by atoms with E-state index in [1.807, 2.05) is 0 Å². The van der Waals surface area contributed by atoms with Gasteiger partial charge in [0.15, 0.2) is 0 Å². The van der Waals surface area contributed by atoms with Crippen molar-refractivity contribution in [2.75, 3.05) is 11.9 Å². The molecule has 0 aromatic carbocycles. The first-order valence-corrected chi connectivity index (χ1v) is 9.05. The van der Waals surface area contributed by atoms with Crippen molar-refractivity contribution in [1.29, 1.82) is 0 Å². The van der Waals surface area contributed by atoms with Crippen LogP contribution < -0.4 is 0 Å². The van der Waals surface area contributed by atoms with Crippen molar-refractivity contribution in [3.8, 4) is 0 Å². The second-order valence-electron chi connectivity index (χ2n) is 6.95. The van der Waals surface area contributed by atoms with E-state index in [2.05, 4.69) is 34.7 Å². The largest absolute Gasteiger partial charge is 0.339 e. The fourth-order valence-corrected chi connectivity index (χ4v) is 3.80. The summed E-state index contributed by atoms with van der Waals surface area (Å²) in [5.74, 6) is 0.715. The lowest BCUT2D eigenvalue weighted by atomic mass is 9.68. The molecular formula is C16H28BrNO. The molecule has 0 bridgehead atoms. The number of alkyl halides is 1. The lowest BCUT2D eigenvalue weighted by molar-refractivity contribution is -0.145. The minimum Gasteiger partial charge on any atom is -0.339 e. The van der Waals surface area contributed by atoms with Crippen LogP contribution in [0.5, 0.6) is 0 Å². The topological polar surface area (TPSA) is 20.3 Å². The number of carbonyl (C=O) groups is 1. The van der Waals surface area contributed by atoms with E-state index in [-0.39, 0.29) is 11.3 Å². The maximum atomic E-state index is 13.0. The Labute approximate surface area is 126 Å². The molecule has 1 atom stereocenters. The number of hydrogen-bond donors (Lipinski definition) is 0. The Morgan fingerprint density at radius 2 is 1.95 bits per heavy atom. The van der Waals surface area contributed by atoms with E-state index in [1.54, 1.807) is 0 Å². The van der Waals surface area contributed by atoms with Crippen LogP contribution in [-0.4, -0.2) is 28.7 Å². The summed E-state index contributed by atoms with van der Waals surface area (Å²) in [6.45, 7) is 5.53. The van der Waals surface area contributed by atoms with Crippen molar-refractivity contribution in [2.45, 2.75) is 71.3 Å². The molecule has 2 nitrogen and oxygen atoms in total. The van der Waals surface area contributed by atoms with Crippen LogP contribution in [0.15, 0.2) is 0 Å². The molecule has 0 aromatic heterocycles. The Morgan fingerprint density at radius 1 is 1.21 bits per heavy atom. The van der Waals surface area contributed by atoms with Crippen molar-refractivity contribution < 1.29 is 4.79 Å². The monoisotopic (exact) mass is 329 g/mol. The molecule has 0 aliphatic heterocycles. The first-order chi connectivity index (χ1) is 9.06. The third-order valence-corrected chi connectivity index (χ3v) is 5.70. The number of amides is 1. The van der Waals surface area contributed by atoms with Crippen LogP contribution in [0.3, 0.4) is 0 Å². The zero-order valence-corrected chi connectivity index (χ0v) is 14.0. The molecule has 2 fully saturated rings. The van der Waals surface area contributed by atoms with Crippen molar-refractivity contribution in [2.24, 2.45) is 11.3 Å². The Kier molecular flexibility index (Phi) is 5.33. The van der Waals surface area contributed by atoms with Crippen LogP contribution in [0.2, 0.25) is 0 Å². The summed E-state index contributed by atoms with van der Waals surface area (Å²) >= 11 is 3.50. The molecule has 0 saturated heterocycles. The molecule has 0 radical (unpaired) electrons. The Hall–Kier alpha value is -0.0500. The van der Waals surface area contributed by atoms with Gasteiger partial charge in [-0.05, 0) is 43.9 Å². The number of rotatable bonds is 5. The molecular weight excluding hydrogens is 302 g/mol.